The van der Waals surface area contributed by atoms with Gasteiger partial charge in [0.25, 0.3) is 0 Å². The summed E-state index contributed by atoms with van der Waals surface area (Å²) in [6.45, 7) is 0. The van der Waals surface area contributed by atoms with E-state index in [9.17, 15) is 9.00 Å². The average molecular weight is 277 g/mol. The monoisotopic (exact) mass is 277 g/mol. The van der Waals surface area contributed by atoms with Crippen molar-refractivity contribution in [1.29, 1.82) is 0 Å². The predicted molar refractivity (Wildman–Crippen MR) is 78.8 cm³/mol. The van der Waals surface area contributed by atoms with Crippen molar-refractivity contribution in [1.82, 2.24) is 0 Å². The Morgan fingerprint density at radius 1 is 1.26 bits per heavy atom. The number of rotatable bonds is 5. The highest BCUT2D eigenvalue weighted by Gasteiger charge is 2.13. The van der Waals surface area contributed by atoms with E-state index in [0.717, 1.165) is 18.4 Å². The van der Waals surface area contributed by atoms with Gasteiger partial charge in [0.1, 0.15) is 5.75 Å². The SMILES string of the molecule is NC(=O)CS(=O)Cc1ccccc1C1=CCCCC1. The van der Waals surface area contributed by atoms with Crippen LogP contribution < -0.4 is 5.73 Å². The van der Waals surface area contributed by atoms with E-state index in [1.54, 1.807) is 0 Å². The van der Waals surface area contributed by atoms with Gasteiger partial charge in [0.05, 0.1) is 0 Å². The first-order valence-electron chi connectivity index (χ1n) is 6.57. The van der Waals surface area contributed by atoms with E-state index in [4.69, 9.17) is 5.73 Å². The molecule has 1 aromatic carbocycles. The Balaban J connectivity index is 2.18. The normalized spacial score (nSPS) is 16.7. The van der Waals surface area contributed by atoms with E-state index in [2.05, 4.69) is 12.1 Å². The molecule has 1 aliphatic carbocycles. The molecular formula is C15H19NO2S. The van der Waals surface area contributed by atoms with Crippen molar-refractivity contribution in [2.24, 2.45) is 5.73 Å². The average Bonchev–Trinajstić information content (AvgIpc) is 2.39. The molecule has 0 radical (unpaired) electrons. The Kier molecular flexibility index (Phi) is 4.91. The molecule has 1 aromatic rings. The summed E-state index contributed by atoms with van der Waals surface area (Å²) in [6, 6.07) is 8.02. The van der Waals surface area contributed by atoms with Crippen LogP contribution in [-0.2, 0) is 21.3 Å². The summed E-state index contributed by atoms with van der Waals surface area (Å²) < 4.78 is 11.8. The van der Waals surface area contributed by atoms with Gasteiger partial charge >= 0.3 is 0 Å². The summed E-state index contributed by atoms with van der Waals surface area (Å²) in [5.74, 6) is -0.170. The van der Waals surface area contributed by atoms with Gasteiger partial charge in [-0.2, -0.15) is 0 Å². The second-order valence-electron chi connectivity index (χ2n) is 4.83. The molecule has 1 atom stereocenters. The second-order valence-corrected chi connectivity index (χ2v) is 6.28. The van der Waals surface area contributed by atoms with Gasteiger partial charge in [0, 0.05) is 16.6 Å². The van der Waals surface area contributed by atoms with E-state index in [1.807, 2.05) is 18.2 Å². The molecule has 0 spiro atoms. The minimum absolute atomic E-state index is 0.0621. The van der Waals surface area contributed by atoms with Crippen LogP contribution >= 0.6 is 0 Å². The molecule has 2 rings (SSSR count). The lowest BCUT2D eigenvalue weighted by molar-refractivity contribution is -0.115. The summed E-state index contributed by atoms with van der Waals surface area (Å²) in [5, 5.41) is 0. The van der Waals surface area contributed by atoms with Crippen LogP contribution in [0.5, 0.6) is 0 Å². The molecule has 1 amide bonds. The van der Waals surface area contributed by atoms with E-state index >= 15 is 0 Å². The first-order valence-corrected chi connectivity index (χ1v) is 8.06. The Bertz CT molecular complexity index is 523. The van der Waals surface area contributed by atoms with E-state index in [-0.39, 0.29) is 5.75 Å². The third-order valence-electron chi connectivity index (χ3n) is 3.27. The van der Waals surface area contributed by atoms with Crippen LogP contribution in [0.25, 0.3) is 5.57 Å². The highest BCUT2D eigenvalue weighted by molar-refractivity contribution is 7.84. The molecule has 102 valence electrons. The van der Waals surface area contributed by atoms with Gasteiger partial charge in [-0.1, -0.05) is 30.3 Å². The fraction of sp³-hybridized carbons (Fsp3) is 0.400. The minimum Gasteiger partial charge on any atom is -0.369 e. The number of hydrogen-bond acceptors (Lipinski definition) is 2. The third-order valence-corrected chi connectivity index (χ3v) is 4.51. The van der Waals surface area contributed by atoms with Crippen LogP contribution in [0.15, 0.2) is 30.3 Å². The number of primary amides is 1. The largest absolute Gasteiger partial charge is 0.369 e. The number of allylic oxidation sites excluding steroid dienone is 2. The molecule has 3 nitrogen and oxygen atoms in total. The fourth-order valence-electron chi connectivity index (χ4n) is 2.43. The Morgan fingerprint density at radius 3 is 2.74 bits per heavy atom. The van der Waals surface area contributed by atoms with Gasteiger partial charge in [-0.25, -0.2) is 0 Å². The lowest BCUT2D eigenvalue weighted by Crippen LogP contribution is -2.20. The van der Waals surface area contributed by atoms with Crippen molar-refractivity contribution < 1.29 is 9.00 Å². The molecule has 0 saturated heterocycles. The van der Waals surface area contributed by atoms with Crippen LogP contribution in [0.3, 0.4) is 0 Å². The van der Waals surface area contributed by atoms with Gasteiger partial charge in [0.2, 0.25) is 5.91 Å². The number of nitrogens with two attached hydrogens (primary N) is 1. The Morgan fingerprint density at radius 2 is 2.05 bits per heavy atom. The molecule has 0 saturated carbocycles. The molecule has 0 fully saturated rings. The molecule has 0 aliphatic heterocycles. The van der Waals surface area contributed by atoms with Crippen LogP contribution in [-0.4, -0.2) is 15.9 Å². The summed E-state index contributed by atoms with van der Waals surface area (Å²) in [5.41, 5.74) is 8.66. The number of benzene rings is 1. The first-order chi connectivity index (χ1) is 9.16. The lowest BCUT2D eigenvalue weighted by Gasteiger charge is -2.16. The maximum Gasteiger partial charge on any atom is 0.230 e. The molecule has 1 aliphatic rings. The number of amides is 1. The number of carbonyl (C=O) groups is 1. The molecular weight excluding hydrogens is 258 g/mol. The highest BCUT2D eigenvalue weighted by atomic mass is 32.2. The Hall–Kier alpha value is -1.42. The topological polar surface area (TPSA) is 60.2 Å². The zero-order valence-electron chi connectivity index (χ0n) is 10.9. The maximum atomic E-state index is 11.8. The minimum atomic E-state index is -1.22. The number of carbonyl (C=O) groups excluding carboxylic acids is 1. The van der Waals surface area contributed by atoms with Crippen LogP contribution in [0.1, 0.15) is 36.8 Å². The van der Waals surface area contributed by atoms with E-state index in [1.165, 1.54) is 24.0 Å². The highest BCUT2D eigenvalue weighted by Crippen LogP contribution is 2.29. The van der Waals surface area contributed by atoms with Crippen LogP contribution in [0.2, 0.25) is 0 Å². The molecule has 0 heterocycles. The lowest BCUT2D eigenvalue weighted by atomic mass is 9.91. The van der Waals surface area contributed by atoms with Gasteiger partial charge in [-0.3, -0.25) is 9.00 Å². The number of hydrogen-bond donors (Lipinski definition) is 1. The van der Waals surface area contributed by atoms with Crippen LogP contribution in [0, 0.1) is 0 Å². The quantitative estimate of drug-likeness (QED) is 0.898. The molecule has 1 unspecified atom stereocenters. The van der Waals surface area contributed by atoms with Crippen LogP contribution in [0.4, 0.5) is 0 Å². The third kappa shape index (κ3) is 4.03. The zero-order chi connectivity index (χ0) is 13.7. The van der Waals surface area contributed by atoms with Gasteiger partial charge in [0.15, 0.2) is 0 Å². The molecule has 19 heavy (non-hydrogen) atoms. The van der Waals surface area contributed by atoms with E-state index in [0.29, 0.717) is 5.75 Å². The predicted octanol–water partition coefficient (Wildman–Crippen LogP) is 2.38. The molecule has 0 bridgehead atoms. The Labute approximate surface area is 116 Å². The summed E-state index contributed by atoms with van der Waals surface area (Å²) in [4.78, 5) is 10.8. The fourth-order valence-corrected chi connectivity index (χ4v) is 3.44. The molecule has 4 heteroatoms. The van der Waals surface area contributed by atoms with Crippen molar-refractivity contribution in [3.8, 4) is 0 Å². The second kappa shape index (κ2) is 6.66. The van der Waals surface area contributed by atoms with Crippen molar-refractivity contribution in [2.75, 3.05) is 5.75 Å². The van der Waals surface area contributed by atoms with Crippen molar-refractivity contribution >= 4 is 22.3 Å². The van der Waals surface area contributed by atoms with Gasteiger partial charge in [-0.05, 0) is 42.4 Å². The van der Waals surface area contributed by atoms with Gasteiger partial charge in [-0.15, -0.1) is 0 Å². The summed E-state index contributed by atoms with van der Waals surface area (Å²) >= 11 is 0. The summed E-state index contributed by atoms with van der Waals surface area (Å²) in [6.07, 6.45) is 6.94. The molecule has 2 N–H and O–H groups in total. The van der Waals surface area contributed by atoms with Gasteiger partial charge < -0.3 is 5.73 Å². The van der Waals surface area contributed by atoms with Crippen molar-refractivity contribution in [3.05, 3.63) is 41.5 Å². The van der Waals surface area contributed by atoms with Crippen molar-refractivity contribution in [2.45, 2.75) is 31.4 Å². The standard InChI is InChI=1S/C15H19NO2S/c16-15(17)11-19(18)10-13-8-4-5-9-14(13)12-6-2-1-3-7-12/h4-6,8-9H,1-3,7,10-11H2,(H2,16,17). The summed E-state index contributed by atoms with van der Waals surface area (Å²) in [7, 11) is -1.22. The van der Waals surface area contributed by atoms with E-state index < -0.39 is 16.7 Å². The zero-order valence-corrected chi connectivity index (χ0v) is 11.7. The smallest absolute Gasteiger partial charge is 0.230 e. The maximum absolute atomic E-state index is 11.8. The van der Waals surface area contributed by atoms with Crippen molar-refractivity contribution in [3.63, 3.8) is 0 Å². The first kappa shape index (κ1) is 14.0. The molecule has 0 aromatic heterocycles.